The molecule has 1 atom stereocenters. The predicted molar refractivity (Wildman–Crippen MR) is 67.0 cm³/mol. The Labute approximate surface area is 105 Å². The number of rotatable bonds is 6. The molecule has 0 aromatic heterocycles. The average molecular weight is 249 g/mol. The van der Waals surface area contributed by atoms with E-state index in [2.05, 4.69) is 0 Å². The van der Waals surface area contributed by atoms with Crippen LogP contribution in [0.15, 0.2) is 30.3 Å². The average Bonchev–Trinajstić information content (AvgIpc) is 2.34. The van der Waals surface area contributed by atoms with Crippen LogP contribution in [0.2, 0.25) is 0 Å². The lowest BCUT2D eigenvalue weighted by Gasteiger charge is -2.09. The number of ether oxygens (including phenoxy) is 1. The van der Waals surface area contributed by atoms with Crippen LogP contribution in [0.1, 0.15) is 12.5 Å². The van der Waals surface area contributed by atoms with Crippen LogP contribution in [0.5, 0.6) is 5.75 Å². The van der Waals surface area contributed by atoms with E-state index in [-0.39, 0.29) is 12.5 Å². The van der Waals surface area contributed by atoms with Crippen molar-refractivity contribution in [3.63, 3.8) is 0 Å². The van der Waals surface area contributed by atoms with Gasteiger partial charge in [-0.15, -0.1) is 0 Å². The largest absolute Gasteiger partial charge is 0.493 e. The number of nitrogens with two attached hydrogens (primary N) is 1. The minimum Gasteiger partial charge on any atom is -0.493 e. The molecule has 5 heteroatoms. The molecule has 1 unspecified atom stereocenters. The van der Waals surface area contributed by atoms with E-state index in [9.17, 15) is 9.59 Å². The summed E-state index contributed by atoms with van der Waals surface area (Å²) in [5, 5.41) is 8.47. The van der Waals surface area contributed by atoms with Crippen molar-refractivity contribution in [2.75, 3.05) is 6.61 Å². The molecule has 3 N–H and O–H groups in total. The van der Waals surface area contributed by atoms with Crippen molar-refractivity contribution in [3.05, 3.63) is 35.9 Å². The fourth-order valence-corrected chi connectivity index (χ4v) is 1.15. The summed E-state index contributed by atoms with van der Waals surface area (Å²) in [4.78, 5) is 21.1. The van der Waals surface area contributed by atoms with Gasteiger partial charge in [-0.1, -0.05) is 19.1 Å². The zero-order chi connectivity index (χ0) is 13.5. The highest BCUT2D eigenvalue weighted by Gasteiger charge is 2.08. The van der Waals surface area contributed by atoms with Crippen molar-refractivity contribution < 1.29 is 19.4 Å². The summed E-state index contributed by atoms with van der Waals surface area (Å²) in [6, 6.07) is 6.86. The summed E-state index contributed by atoms with van der Waals surface area (Å²) in [5.74, 6) is -1.14. The van der Waals surface area contributed by atoms with Crippen LogP contribution in [0.3, 0.4) is 0 Å². The molecule has 96 valence electrons. The molecule has 5 nitrogen and oxygen atoms in total. The summed E-state index contributed by atoms with van der Waals surface area (Å²) in [5.41, 5.74) is 5.87. The van der Waals surface area contributed by atoms with Gasteiger partial charge in [-0.05, 0) is 23.8 Å². The van der Waals surface area contributed by atoms with E-state index in [4.69, 9.17) is 15.6 Å². The van der Waals surface area contributed by atoms with Gasteiger partial charge in [-0.2, -0.15) is 0 Å². The molecular weight excluding hydrogens is 234 g/mol. The van der Waals surface area contributed by atoms with Gasteiger partial charge in [0.2, 0.25) is 5.91 Å². The third kappa shape index (κ3) is 4.69. The Morgan fingerprint density at radius 3 is 2.50 bits per heavy atom. The molecule has 0 radical (unpaired) electrons. The summed E-state index contributed by atoms with van der Waals surface area (Å²) in [7, 11) is 0. The van der Waals surface area contributed by atoms with Gasteiger partial charge in [0.15, 0.2) is 0 Å². The molecule has 0 heterocycles. The highest BCUT2D eigenvalue weighted by atomic mass is 16.5. The van der Waals surface area contributed by atoms with E-state index in [1.54, 1.807) is 31.2 Å². The quantitative estimate of drug-likeness (QED) is 0.743. The third-order valence-corrected chi connectivity index (χ3v) is 2.28. The molecule has 1 amide bonds. The molecule has 0 aliphatic rings. The number of aliphatic carboxylic acids is 1. The topological polar surface area (TPSA) is 89.6 Å². The number of carboxylic acid groups (broad SMARTS) is 1. The summed E-state index contributed by atoms with van der Waals surface area (Å²) >= 11 is 0. The maximum absolute atomic E-state index is 10.8. The SMILES string of the molecule is CC(COc1ccc(/C=C/C(=O)O)cc1)C(N)=O. The van der Waals surface area contributed by atoms with Crippen LogP contribution in [0.4, 0.5) is 0 Å². The van der Waals surface area contributed by atoms with Crippen molar-refractivity contribution in [2.45, 2.75) is 6.92 Å². The first kappa shape index (κ1) is 13.8. The number of carbonyl (C=O) groups is 2. The monoisotopic (exact) mass is 249 g/mol. The molecule has 0 saturated heterocycles. The molecule has 18 heavy (non-hydrogen) atoms. The summed E-state index contributed by atoms with van der Waals surface area (Å²) in [6.45, 7) is 1.91. The molecule has 0 spiro atoms. The maximum Gasteiger partial charge on any atom is 0.328 e. The molecular formula is C13H15NO4. The minimum absolute atomic E-state index is 0.222. The second-order valence-electron chi connectivity index (χ2n) is 3.86. The fourth-order valence-electron chi connectivity index (χ4n) is 1.15. The highest BCUT2D eigenvalue weighted by Crippen LogP contribution is 2.14. The smallest absolute Gasteiger partial charge is 0.328 e. The molecule has 0 saturated carbocycles. The number of hydrogen-bond acceptors (Lipinski definition) is 3. The van der Waals surface area contributed by atoms with Crippen molar-refractivity contribution >= 4 is 18.0 Å². The van der Waals surface area contributed by atoms with Crippen molar-refractivity contribution in [2.24, 2.45) is 11.7 Å². The first-order chi connectivity index (χ1) is 8.49. The van der Waals surface area contributed by atoms with Crippen LogP contribution in [-0.4, -0.2) is 23.6 Å². The van der Waals surface area contributed by atoms with Gasteiger partial charge in [0.05, 0.1) is 12.5 Å². The number of primary amides is 1. The fraction of sp³-hybridized carbons (Fsp3) is 0.231. The van der Waals surface area contributed by atoms with E-state index in [0.29, 0.717) is 5.75 Å². The van der Waals surface area contributed by atoms with E-state index < -0.39 is 11.9 Å². The Hall–Kier alpha value is -2.30. The lowest BCUT2D eigenvalue weighted by Crippen LogP contribution is -2.25. The van der Waals surface area contributed by atoms with E-state index in [1.807, 2.05) is 0 Å². The van der Waals surface area contributed by atoms with E-state index >= 15 is 0 Å². The number of carboxylic acids is 1. The third-order valence-electron chi connectivity index (χ3n) is 2.28. The van der Waals surface area contributed by atoms with Crippen LogP contribution >= 0.6 is 0 Å². The zero-order valence-electron chi connectivity index (χ0n) is 10.00. The lowest BCUT2D eigenvalue weighted by molar-refractivity contribution is -0.131. The number of benzene rings is 1. The van der Waals surface area contributed by atoms with Gasteiger partial charge in [0.1, 0.15) is 5.75 Å². The van der Waals surface area contributed by atoms with Crippen molar-refractivity contribution in [1.82, 2.24) is 0 Å². The van der Waals surface area contributed by atoms with Gasteiger partial charge in [0, 0.05) is 6.08 Å². The number of carbonyl (C=O) groups excluding carboxylic acids is 1. The molecule has 1 rings (SSSR count). The van der Waals surface area contributed by atoms with Gasteiger partial charge in [-0.3, -0.25) is 4.79 Å². The van der Waals surface area contributed by atoms with Gasteiger partial charge < -0.3 is 15.6 Å². The zero-order valence-corrected chi connectivity index (χ0v) is 10.00. The van der Waals surface area contributed by atoms with Crippen LogP contribution in [-0.2, 0) is 9.59 Å². The molecule has 0 fully saturated rings. The summed E-state index contributed by atoms with van der Waals surface area (Å²) < 4.78 is 5.37. The second-order valence-corrected chi connectivity index (χ2v) is 3.86. The van der Waals surface area contributed by atoms with Crippen LogP contribution in [0, 0.1) is 5.92 Å². The first-order valence-electron chi connectivity index (χ1n) is 5.42. The Balaban J connectivity index is 2.55. The van der Waals surface area contributed by atoms with E-state index in [1.165, 1.54) is 6.08 Å². The predicted octanol–water partition coefficient (Wildman–Crippen LogP) is 1.28. The standard InChI is InChI=1S/C13H15NO4/c1-9(13(14)17)8-18-11-5-2-10(3-6-11)4-7-12(15)16/h2-7,9H,8H2,1H3,(H2,14,17)(H,15,16)/b7-4+. The summed E-state index contributed by atoms with van der Waals surface area (Å²) in [6.07, 6.45) is 2.54. The molecule has 1 aromatic carbocycles. The van der Waals surface area contributed by atoms with E-state index in [0.717, 1.165) is 11.6 Å². The normalized spacial score (nSPS) is 12.3. The Morgan fingerprint density at radius 1 is 1.39 bits per heavy atom. The van der Waals surface area contributed by atoms with Crippen LogP contribution in [0.25, 0.3) is 6.08 Å². The molecule has 0 aliphatic heterocycles. The second kappa shape index (κ2) is 6.44. The highest BCUT2D eigenvalue weighted by molar-refractivity contribution is 5.85. The first-order valence-corrected chi connectivity index (χ1v) is 5.42. The molecule has 0 aliphatic carbocycles. The Kier molecular flexibility index (Phi) is 4.92. The molecule has 1 aromatic rings. The number of hydrogen-bond donors (Lipinski definition) is 2. The van der Waals surface area contributed by atoms with Gasteiger partial charge >= 0.3 is 5.97 Å². The van der Waals surface area contributed by atoms with Crippen LogP contribution < -0.4 is 10.5 Å². The van der Waals surface area contributed by atoms with Crippen molar-refractivity contribution in [3.8, 4) is 5.75 Å². The lowest BCUT2D eigenvalue weighted by atomic mass is 10.2. The van der Waals surface area contributed by atoms with Crippen molar-refractivity contribution in [1.29, 1.82) is 0 Å². The number of amides is 1. The maximum atomic E-state index is 10.8. The van der Waals surface area contributed by atoms with Gasteiger partial charge in [-0.25, -0.2) is 4.79 Å². The molecule has 0 bridgehead atoms. The Bertz CT molecular complexity index is 451. The minimum atomic E-state index is -0.995. The Morgan fingerprint density at radius 2 is 2.00 bits per heavy atom. The van der Waals surface area contributed by atoms with Gasteiger partial charge in [0.25, 0.3) is 0 Å².